The Labute approximate surface area is 164 Å². The molecule has 140 valence electrons. The van der Waals surface area contributed by atoms with Gasteiger partial charge in [0.15, 0.2) is 5.69 Å². The Morgan fingerprint density at radius 3 is 2.79 bits per heavy atom. The van der Waals surface area contributed by atoms with Gasteiger partial charge in [-0.2, -0.15) is 0 Å². The Morgan fingerprint density at radius 2 is 2.04 bits per heavy atom. The van der Waals surface area contributed by atoms with Gasteiger partial charge in [0.05, 0.1) is 6.57 Å². The third-order valence-electron chi connectivity index (χ3n) is 4.50. The minimum absolute atomic E-state index is 0.172. The van der Waals surface area contributed by atoms with E-state index in [1.165, 1.54) is 0 Å². The Balaban J connectivity index is 1.71. The van der Waals surface area contributed by atoms with Crippen LogP contribution in [0.2, 0.25) is 0 Å². The summed E-state index contributed by atoms with van der Waals surface area (Å²) in [5.41, 5.74) is 11.4. The number of benzene rings is 1. The van der Waals surface area contributed by atoms with Crippen molar-refractivity contribution in [3.8, 4) is 0 Å². The first-order valence-electron chi connectivity index (χ1n) is 8.88. The number of nitrogens with two attached hydrogens (primary N) is 1. The van der Waals surface area contributed by atoms with Crippen LogP contribution in [-0.4, -0.2) is 15.9 Å². The number of pyridine rings is 2. The fourth-order valence-electron chi connectivity index (χ4n) is 3.09. The van der Waals surface area contributed by atoms with Crippen LogP contribution in [-0.2, 0) is 13.0 Å². The van der Waals surface area contributed by atoms with E-state index in [4.69, 9.17) is 12.3 Å². The number of aromatic nitrogens is 2. The van der Waals surface area contributed by atoms with Gasteiger partial charge in [-0.25, -0.2) is 9.83 Å². The molecular formula is C22H21N5O. The lowest BCUT2D eigenvalue weighted by molar-refractivity contribution is 0.0950. The third kappa shape index (κ3) is 4.51. The van der Waals surface area contributed by atoms with Crippen molar-refractivity contribution in [2.75, 3.05) is 5.73 Å². The second-order valence-electron chi connectivity index (χ2n) is 6.60. The molecule has 0 bridgehead atoms. The third-order valence-corrected chi connectivity index (χ3v) is 4.50. The lowest BCUT2D eigenvalue weighted by atomic mass is 10.1. The summed E-state index contributed by atoms with van der Waals surface area (Å²) in [5, 5.41) is 2.94. The molecule has 2 heterocycles. The maximum Gasteiger partial charge on any atom is 0.251 e. The highest BCUT2D eigenvalue weighted by atomic mass is 16.1. The molecule has 3 aromatic rings. The zero-order valence-electron chi connectivity index (χ0n) is 15.9. The number of hydrogen-bond acceptors (Lipinski definition) is 4. The maximum absolute atomic E-state index is 12.6. The molecule has 28 heavy (non-hydrogen) atoms. The topological polar surface area (TPSA) is 85.3 Å². The molecule has 1 aromatic carbocycles. The van der Waals surface area contributed by atoms with Crippen molar-refractivity contribution >= 4 is 17.4 Å². The highest BCUT2D eigenvalue weighted by Gasteiger charge is 2.11. The molecule has 3 N–H and O–H groups in total. The van der Waals surface area contributed by atoms with Crippen molar-refractivity contribution in [1.29, 1.82) is 0 Å². The zero-order valence-corrected chi connectivity index (χ0v) is 15.9. The van der Waals surface area contributed by atoms with Crippen molar-refractivity contribution < 1.29 is 4.79 Å². The first kappa shape index (κ1) is 19.1. The predicted octanol–water partition coefficient (Wildman–Crippen LogP) is 3.75. The molecule has 0 atom stereocenters. The summed E-state index contributed by atoms with van der Waals surface area (Å²) in [6, 6.07) is 12.7. The van der Waals surface area contributed by atoms with Crippen LogP contribution >= 0.6 is 0 Å². The number of anilines is 1. The average molecular weight is 371 g/mol. The van der Waals surface area contributed by atoms with E-state index in [0.29, 0.717) is 30.0 Å². The van der Waals surface area contributed by atoms with Gasteiger partial charge < -0.3 is 11.1 Å². The van der Waals surface area contributed by atoms with Gasteiger partial charge in [-0.15, -0.1) is 0 Å². The molecule has 0 saturated carbocycles. The summed E-state index contributed by atoms with van der Waals surface area (Å²) in [4.78, 5) is 24.6. The van der Waals surface area contributed by atoms with E-state index in [2.05, 4.69) is 20.1 Å². The number of carbonyl (C=O) groups excluding carboxylic acids is 1. The lowest BCUT2D eigenvalue weighted by Gasteiger charge is -2.12. The van der Waals surface area contributed by atoms with Crippen molar-refractivity contribution in [1.82, 2.24) is 15.3 Å². The molecular weight excluding hydrogens is 350 g/mol. The van der Waals surface area contributed by atoms with E-state index in [-0.39, 0.29) is 5.91 Å². The molecule has 0 radical (unpaired) electrons. The Bertz CT molecular complexity index is 1050. The normalized spacial score (nSPS) is 10.3. The summed E-state index contributed by atoms with van der Waals surface area (Å²) in [7, 11) is 0. The molecule has 0 unspecified atom stereocenters. The number of rotatable bonds is 5. The van der Waals surface area contributed by atoms with E-state index in [1.807, 2.05) is 32.0 Å². The van der Waals surface area contributed by atoms with Crippen LogP contribution in [0.3, 0.4) is 0 Å². The van der Waals surface area contributed by atoms with E-state index in [9.17, 15) is 4.79 Å². The molecule has 6 heteroatoms. The molecule has 6 nitrogen and oxygen atoms in total. The maximum atomic E-state index is 12.6. The van der Waals surface area contributed by atoms with Crippen LogP contribution in [0.15, 0.2) is 48.7 Å². The molecule has 1 amide bonds. The molecule has 0 aliphatic rings. The molecule has 0 fully saturated rings. The van der Waals surface area contributed by atoms with Gasteiger partial charge in [0, 0.05) is 36.1 Å². The van der Waals surface area contributed by atoms with Crippen LogP contribution < -0.4 is 11.1 Å². The number of aryl methyl sites for hydroxylation is 2. The van der Waals surface area contributed by atoms with E-state index < -0.39 is 0 Å². The van der Waals surface area contributed by atoms with Gasteiger partial charge in [0.25, 0.3) is 5.91 Å². The Morgan fingerprint density at radius 1 is 1.21 bits per heavy atom. The number of amides is 1. The number of nitrogens with one attached hydrogen (secondary N) is 1. The van der Waals surface area contributed by atoms with Crippen LogP contribution in [0.5, 0.6) is 0 Å². The molecule has 3 rings (SSSR count). The van der Waals surface area contributed by atoms with Crippen LogP contribution in [0.4, 0.5) is 11.5 Å². The molecule has 0 saturated heterocycles. The summed E-state index contributed by atoms with van der Waals surface area (Å²) in [6.45, 7) is 11.3. The van der Waals surface area contributed by atoms with Crippen LogP contribution in [0, 0.1) is 20.4 Å². The molecule has 0 aliphatic heterocycles. The summed E-state index contributed by atoms with van der Waals surface area (Å²) in [6.07, 6.45) is 2.19. The average Bonchev–Trinajstić information content (AvgIpc) is 2.67. The molecule has 0 spiro atoms. The minimum atomic E-state index is -0.172. The summed E-state index contributed by atoms with van der Waals surface area (Å²) >= 11 is 0. The Hall–Kier alpha value is -3.72. The van der Waals surface area contributed by atoms with Crippen molar-refractivity contribution in [3.05, 3.63) is 93.7 Å². The number of nitrogen functional groups attached to an aromatic ring is 1. The van der Waals surface area contributed by atoms with E-state index in [1.54, 1.807) is 30.5 Å². The van der Waals surface area contributed by atoms with E-state index in [0.717, 1.165) is 28.1 Å². The van der Waals surface area contributed by atoms with Crippen molar-refractivity contribution in [2.24, 2.45) is 0 Å². The number of hydrogen-bond donors (Lipinski definition) is 2. The quantitative estimate of drug-likeness (QED) is 0.669. The van der Waals surface area contributed by atoms with Crippen LogP contribution in [0.1, 0.15) is 38.4 Å². The van der Waals surface area contributed by atoms with Crippen molar-refractivity contribution in [2.45, 2.75) is 26.8 Å². The highest BCUT2D eigenvalue weighted by molar-refractivity contribution is 5.94. The number of nitrogens with zero attached hydrogens (tertiary/aromatic N) is 3. The smallest absolute Gasteiger partial charge is 0.251 e. The van der Waals surface area contributed by atoms with Gasteiger partial charge >= 0.3 is 0 Å². The second kappa shape index (κ2) is 8.31. The van der Waals surface area contributed by atoms with Crippen molar-refractivity contribution in [3.63, 3.8) is 0 Å². The lowest BCUT2D eigenvalue weighted by Crippen LogP contribution is -2.24. The first-order valence-corrected chi connectivity index (χ1v) is 8.88. The van der Waals surface area contributed by atoms with Gasteiger partial charge in [-0.05, 0) is 43.2 Å². The van der Waals surface area contributed by atoms with Gasteiger partial charge in [-0.1, -0.05) is 29.8 Å². The SMILES string of the molecule is [C-]#[N+]c1cccc(Cc2cc(C(=O)NCc3c(C)cc(N)nc3C)ccn2)c1. The highest BCUT2D eigenvalue weighted by Crippen LogP contribution is 2.17. The van der Waals surface area contributed by atoms with Gasteiger partial charge in [-0.3, -0.25) is 9.78 Å². The standard InChI is InChI=1S/C22H21N5O/c1-14-9-21(23)27-15(2)20(14)13-26-22(28)17-7-8-25-19(12-17)11-16-5-4-6-18(10-16)24-3/h4-10,12H,11,13H2,1-2H3,(H2,23,27)(H,26,28). The van der Waals surface area contributed by atoms with Gasteiger partial charge in [0.2, 0.25) is 0 Å². The van der Waals surface area contributed by atoms with Crippen LogP contribution in [0.25, 0.3) is 4.85 Å². The van der Waals surface area contributed by atoms with E-state index >= 15 is 0 Å². The summed E-state index contributed by atoms with van der Waals surface area (Å²) < 4.78 is 0. The first-order chi connectivity index (χ1) is 13.5. The monoisotopic (exact) mass is 371 g/mol. The Kier molecular flexibility index (Phi) is 5.66. The number of carbonyl (C=O) groups is 1. The molecule has 0 aliphatic carbocycles. The fourth-order valence-corrected chi connectivity index (χ4v) is 3.09. The largest absolute Gasteiger partial charge is 0.384 e. The summed E-state index contributed by atoms with van der Waals surface area (Å²) in [5.74, 6) is 0.306. The van der Waals surface area contributed by atoms with Gasteiger partial charge in [0.1, 0.15) is 5.82 Å². The fraction of sp³-hybridized carbons (Fsp3) is 0.182. The minimum Gasteiger partial charge on any atom is -0.384 e. The zero-order chi connectivity index (χ0) is 20.1. The second-order valence-corrected chi connectivity index (χ2v) is 6.60. The predicted molar refractivity (Wildman–Crippen MR) is 109 cm³/mol. The molecule has 2 aromatic heterocycles.